The van der Waals surface area contributed by atoms with E-state index in [2.05, 4.69) is 5.32 Å². The van der Waals surface area contributed by atoms with Gasteiger partial charge in [0, 0.05) is 18.7 Å². The summed E-state index contributed by atoms with van der Waals surface area (Å²) in [6.07, 6.45) is 1.63. The van der Waals surface area contributed by atoms with E-state index in [4.69, 9.17) is 26.8 Å². The van der Waals surface area contributed by atoms with E-state index in [1.807, 2.05) is 0 Å². The Morgan fingerprint density at radius 3 is 2.55 bits per heavy atom. The maximum Gasteiger partial charge on any atom is 0.339 e. The minimum atomic E-state index is -1.32. The lowest BCUT2D eigenvalue weighted by Crippen LogP contribution is -2.31. The zero-order chi connectivity index (χ0) is 24.1. The van der Waals surface area contributed by atoms with Crippen molar-refractivity contribution in [3.8, 4) is 17.2 Å². The fourth-order valence-corrected chi connectivity index (χ4v) is 4.32. The monoisotopic (exact) mass is 488 g/mol. The van der Waals surface area contributed by atoms with Gasteiger partial charge in [0.2, 0.25) is 5.91 Å². The molecule has 0 aliphatic carbocycles. The molecule has 3 N–H and O–H groups in total. The van der Waals surface area contributed by atoms with Gasteiger partial charge < -0.3 is 25.0 Å². The van der Waals surface area contributed by atoms with Gasteiger partial charge in [0.25, 0.3) is 5.91 Å². The summed E-state index contributed by atoms with van der Waals surface area (Å²) in [6, 6.07) is 8.97. The summed E-state index contributed by atoms with van der Waals surface area (Å²) < 4.78 is 10.8. The zero-order valence-corrected chi connectivity index (χ0v) is 19.3. The fraction of sp³-hybridized carbons (Fsp3) is 0.182. The van der Waals surface area contributed by atoms with Crippen LogP contribution in [-0.2, 0) is 9.59 Å². The Kier molecular flexibility index (Phi) is 7.56. The van der Waals surface area contributed by atoms with Crippen LogP contribution in [0.5, 0.6) is 17.2 Å². The lowest BCUT2D eigenvalue weighted by molar-refractivity contribution is -0.122. The van der Waals surface area contributed by atoms with E-state index in [9.17, 15) is 19.5 Å². The van der Waals surface area contributed by atoms with Crippen LogP contribution in [0, 0.1) is 0 Å². The Morgan fingerprint density at radius 1 is 1.15 bits per heavy atom. The molecule has 1 fully saturated rings. The van der Waals surface area contributed by atoms with E-state index in [-0.39, 0.29) is 30.1 Å². The molecular weight excluding hydrogens is 468 g/mol. The van der Waals surface area contributed by atoms with Crippen LogP contribution in [0.3, 0.4) is 0 Å². The number of anilines is 1. The average Bonchev–Trinajstić information content (AvgIpc) is 3.05. The normalized spacial score (nSPS) is 14.5. The smallest absolute Gasteiger partial charge is 0.339 e. The van der Waals surface area contributed by atoms with Gasteiger partial charge in [0.15, 0.2) is 11.5 Å². The SMILES string of the molecule is COc1ccc(/C=C2\SC(=S)N(CCC(=O)Nc3ccc(O)c(C(=O)O)c3)C2=O)cc1OC. The highest BCUT2D eigenvalue weighted by Crippen LogP contribution is 2.34. The molecular formula is C22H20N2O7S2. The number of ether oxygens (including phenoxy) is 2. The minimum absolute atomic E-state index is 0.0562. The second-order valence-electron chi connectivity index (χ2n) is 6.78. The largest absolute Gasteiger partial charge is 0.507 e. The van der Waals surface area contributed by atoms with Gasteiger partial charge in [-0.1, -0.05) is 30.0 Å². The molecule has 33 heavy (non-hydrogen) atoms. The molecule has 0 bridgehead atoms. The summed E-state index contributed by atoms with van der Waals surface area (Å²) in [7, 11) is 3.05. The maximum absolute atomic E-state index is 12.8. The average molecular weight is 489 g/mol. The zero-order valence-electron chi connectivity index (χ0n) is 17.7. The molecule has 0 atom stereocenters. The molecule has 1 saturated heterocycles. The first-order chi connectivity index (χ1) is 15.7. The number of nitrogens with one attached hydrogen (secondary N) is 1. The Labute approximate surface area is 199 Å². The number of thioether (sulfide) groups is 1. The van der Waals surface area contributed by atoms with E-state index >= 15 is 0 Å². The number of carbonyl (C=O) groups is 3. The first kappa shape index (κ1) is 24.1. The molecule has 3 rings (SSSR count). The van der Waals surface area contributed by atoms with Crippen molar-refractivity contribution in [3.05, 3.63) is 52.4 Å². The Morgan fingerprint density at radius 2 is 1.88 bits per heavy atom. The molecule has 2 aromatic carbocycles. The van der Waals surface area contributed by atoms with Gasteiger partial charge in [0.05, 0.1) is 19.1 Å². The summed E-state index contributed by atoms with van der Waals surface area (Å²) >= 11 is 6.43. The van der Waals surface area contributed by atoms with Gasteiger partial charge in [-0.05, 0) is 42.0 Å². The molecule has 0 saturated carbocycles. The first-order valence-electron chi connectivity index (χ1n) is 9.57. The number of hydrogen-bond acceptors (Lipinski definition) is 8. The van der Waals surface area contributed by atoms with Crippen LogP contribution < -0.4 is 14.8 Å². The lowest BCUT2D eigenvalue weighted by atomic mass is 10.1. The highest BCUT2D eigenvalue weighted by Gasteiger charge is 2.32. The predicted octanol–water partition coefficient (Wildman–Crippen LogP) is 3.34. The quantitative estimate of drug-likeness (QED) is 0.291. The molecule has 11 heteroatoms. The van der Waals surface area contributed by atoms with Crippen LogP contribution in [0.1, 0.15) is 22.3 Å². The number of rotatable bonds is 8. The van der Waals surface area contributed by atoms with E-state index < -0.39 is 17.6 Å². The van der Waals surface area contributed by atoms with Gasteiger partial charge in [-0.15, -0.1) is 0 Å². The third-order valence-electron chi connectivity index (χ3n) is 4.65. The number of thiocarbonyl (C=S) groups is 1. The number of amides is 2. The minimum Gasteiger partial charge on any atom is -0.507 e. The second-order valence-corrected chi connectivity index (χ2v) is 8.46. The summed E-state index contributed by atoms with van der Waals surface area (Å²) in [5.74, 6) is -1.38. The molecule has 2 aromatic rings. The molecule has 1 aliphatic heterocycles. The van der Waals surface area contributed by atoms with Crippen molar-refractivity contribution in [2.45, 2.75) is 6.42 Å². The Hall–Kier alpha value is -3.57. The topological polar surface area (TPSA) is 125 Å². The number of aromatic carboxylic acids is 1. The number of aromatic hydroxyl groups is 1. The highest BCUT2D eigenvalue weighted by molar-refractivity contribution is 8.26. The van der Waals surface area contributed by atoms with Crippen molar-refractivity contribution in [3.63, 3.8) is 0 Å². The van der Waals surface area contributed by atoms with Gasteiger partial charge in [0.1, 0.15) is 15.6 Å². The standard InChI is InChI=1S/C22H20N2O7S2/c1-30-16-6-3-12(9-17(16)31-2)10-18-20(27)24(22(32)33-18)8-7-19(26)23-13-4-5-15(25)14(11-13)21(28)29/h3-6,9-11,25H,7-8H2,1-2H3,(H,23,26)(H,28,29)/b18-10-. The number of carboxylic acid groups (broad SMARTS) is 1. The number of benzene rings is 2. The van der Waals surface area contributed by atoms with Crippen LogP contribution >= 0.6 is 24.0 Å². The van der Waals surface area contributed by atoms with Gasteiger partial charge in [-0.2, -0.15) is 0 Å². The number of carboxylic acids is 1. The maximum atomic E-state index is 12.8. The molecule has 1 heterocycles. The lowest BCUT2D eigenvalue weighted by Gasteiger charge is -2.14. The van der Waals surface area contributed by atoms with E-state index in [1.165, 1.54) is 31.3 Å². The molecule has 0 spiro atoms. The molecule has 172 valence electrons. The van der Waals surface area contributed by atoms with Crippen LogP contribution in [0.2, 0.25) is 0 Å². The van der Waals surface area contributed by atoms with Crippen molar-refractivity contribution >= 4 is 57.8 Å². The Balaban J connectivity index is 1.64. The van der Waals surface area contributed by atoms with Crippen LogP contribution in [0.25, 0.3) is 6.08 Å². The first-order valence-corrected chi connectivity index (χ1v) is 10.8. The summed E-state index contributed by atoms with van der Waals surface area (Å²) in [6.45, 7) is 0.0592. The summed E-state index contributed by atoms with van der Waals surface area (Å²) in [4.78, 5) is 38.0. The highest BCUT2D eigenvalue weighted by atomic mass is 32.2. The number of hydrogen-bond donors (Lipinski definition) is 3. The molecule has 0 radical (unpaired) electrons. The predicted molar refractivity (Wildman–Crippen MR) is 128 cm³/mol. The molecule has 9 nitrogen and oxygen atoms in total. The van der Waals surface area contributed by atoms with Gasteiger partial charge in [-0.3, -0.25) is 14.5 Å². The van der Waals surface area contributed by atoms with Crippen molar-refractivity contribution in [1.82, 2.24) is 4.90 Å². The number of nitrogens with zero attached hydrogens (tertiary/aromatic N) is 1. The van der Waals surface area contributed by atoms with E-state index in [0.717, 1.165) is 23.4 Å². The summed E-state index contributed by atoms with van der Waals surface area (Å²) in [5.41, 5.74) is 0.617. The van der Waals surface area contributed by atoms with E-state index in [0.29, 0.717) is 20.7 Å². The van der Waals surface area contributed by atoms with Crippen molar-refractivity contribution in [2.24, 2.45) is 0 Å². The second kappa shape index (κ2) is 10.4. The Bertz CT molecular complexity index is 1160. The van der Waals surface area contributed by atoms with E-state index in [1.54, 1.807) is 24.3 Å². The molecule has 0 aromatic heterocycles. The van der Waals surface area contributed by atoms with Crippen molar-refractivity contribution in [1.29, 1.82) is 0 Å². The van der Waals surface area contributed by atoms with Crippen LogP contribution in [0.4, 0.5) is 5.69 Å². The van der Waals surface area contributed by atoms with Crippen LogP contribution in [-0.4, -0.2) is 58.0 Å². The van der Waals surface area contributed by atoms with Crippen molar-refractivity contribution < 1.29 is 34.1 Å². The molecule has 1 aliphatic rings. The third kappa shape index (κ3) is 5.62. The number of phenols is 1. The molecule has 0 unspecified atom stereocenters. The number of methoxy groups -OCH3 is 2. The van der Waals surface area contributed by atoms with Crippen LogP contribution in [0.15, 0.2) is 41.3 Å². The van der Waals surface area contributed by atoms with Crippen molar-refractivity contribution in [2.75, 3.05) is 26.1 Å². The van der Waals surface area contributed by atoms with Gasteiger partial charge >= 0.3 is 5.97 Å². The summed E-state index contributed by atoms with van der Waals surface area (Å²) in [5, 5.41) is 21.2. The van der Waals surface area contributed by atoms with Gasteiger partial charge in [-0.25, -0.2) is 4.79 Å². The molecule has 2 amide bonds. The fourth-order valence-electron chi connectivity index (χ4n) is 3.01. The third-order valence-corrected chi connectivity index (χ3v) is 6.03. The number of carbonyl (C=O) groups excluding carboxylic acids is 2.